The Labute approximate surface area is 159 Å². The second kappa shape index (κ2) is 7.48. The Hall–Kier alpha value is -3.74. The SMILES string of the molecule is CCOC(=O)c1c(-c2ccccc2)noc1-c1conc1-c1ccccc1F. The van der Waals surface area contributed by atoms with Gasteiger partial charge in [-0.3, -0.25) is 0 Å². The zero-order valence-electron chi connectivity index (χ0n) is 14.9. The number of esters is 1. The molecular formula is C21H15FN2O4. The Morgan fingerprint density at radius 2 is 1.75 bits per heavy atom. The number of rotatable bonds is 5. The molecule has 0 radical (unpaired) electrons. The standard InChI is InChI=1S/C21H15FN2O4/c1-2-26-21(25)17-18(13-8-4-3-5-9-13)24-28-20(17)15-12-27-23-19(15)14-10-6-7-11-16(14)22/h3-12H,2H2,1H3. The molecule has 2 heterocycles. The fourth-order valence-electron chi connectivity index (χ4n) is 2.90. The topological polar surface area (TPSA) is 78.4 Å². The van der Waals surface area contributed by atoms with Gasteiger partial charge in [-0.2, -0.15) is 0 Å². The largest absolute Gasteiger partial charge is 0.462 e. The van der Waals surface area contributed by atoms with E-state index in [9.17, 15) is 9.18 Å². The molecule has 0 spiro atoms. The minimum absolute atomic E-state index is 0.108. The van der Waals surface area contributed by atoms with Crippen molar-refractivity contribution in [1.29, 1.82) is 0 Å². The van der Waals surface area contributed by atoms with Crippen LogP contribution in [0.1, 0.15) is 17.3 Å². The zero-order chi connectivity index (χ0) is 19.5. The average molecular weight is 378 g/mol. The van der Waals surface area contributed by atoms with E-state index in [2.05, 4.69) is 10.3 Å². The Balaban J connectivity index is 1.91. The summed E-state index contributed by atoms with van der Waals surface area (Å²) in [5, 5.41) is 7.96. The lowest BCUT2D eigenvalue weighted by atomic mass is 10.0. The predicted octanol–water partition coefficient (Wildman–Crippen LogP) is 4.98. The van der Waals surface area contributed by atoms with Crippen molar-refractivity contribution >= 4 is 5.97 Å². The number of nitrogens with zero attached hydrogens (tertiary/aromatic N) is 2. The van der Waals surface area contributed by atoms with Crippen LogP contribution in [0.15, 0.2) is 69.9 Å². The summed E-state index contributed by atoms with van der Waals surface area (Å²) in [5.41, 5.74) is 1.88. The summed E-state index contributed by atoms with van der Waals surface area (Å²) in [5.74, 6) is -0.965. The summed E-state index contributed by atoms with van der Waals surface area (Å²) < 4.78 is 30.0. The molecular weight excluding hydrogens is 363 g/mol. The lowest BCUT2D eigenvalue weighted by molar-refractivity contribution is 0.0527. The van der Waals surface area contributed by atoms with E-state index in [4.69, 9.17) is 13.8 Å². The summed E-state index contributed by atoms with van der Waals surface area (Å²) in [4.78, 5) is 12.7. The van der Waals surface area contributed by atoms with Crippen molar-refractivity contribution in [2.45, 2.75) is 6.92 Å². The first-order valence-electron chi connectivity index (χ1n) is 8.62. The Morgan fingerprint density at radius 3 is 2.50 bits per heavy atom. The molecule has 2 aromatic heterocycles. The van der Waals surface area contributed by atoms with E-state index in [-0.39, 0.29) is 29.2 Å². The van der Waals surface area contributed by atoms with Crippen molar-refractivity contribution in [3.8, 4) is 33.8 Å². The Bertz CT molecular complexity index is 1120. The van der Waals surface area contributed by atoms with Gasteiger partial charge in [-0.1, -0.05) is 52.8 Å². The molecule has 0 aliphatic rings. The molecule has 2 aromatic carbocycles. The smallest absolute Gasteiger partial charge is 0.344 e. The molecule has 0 aliphatic heterocycles. The lowest BCUT2D eigenvalue weighted by Gasteiger charge is -2.05. The fourth-order valence-corrected chi connectivity index (χ4v) is 2.90. The van der Waals surface area contributed by atoms with Gasteiger partial charge < -0.3 is 13.8 Å². The first-order valence-corrected chi connectivity index (χ1v) is 8.62. The number of ether oxygens (including phenoxy) is 1. The zero-order valence-corrected chi connectivity index (χ0v) is 14.9. The van der Waals surface area contributed by atoms with E-state index < -0.39 is 11.8 Å². The molecule has 0 saturated carbocycles. The molecule has 0 saturated heterocycles. The molecule has 0 N–H and O–H groups in total. The summed E-state index contributed by atoms with van der Waals surface area (Å²) >= 11 is 0. The highest BCUT2D eigenvalue weighted by molar-refractivity contribution is 6.03. The van der Waals surface area contributed by atoms with Crippen molar-refractivity contribution in [2.75, 3.05) is 6.61 Å². The second-order valence-corrected chi connectivity index (χ2v) is 5.88. The Morgan fingerprint density at radius 1 is 1.00 bits per heavy atom. The van der Waals surface area contributed by atoms with Gasteiger partial charge in [0.25, 0.3) is 0 Å². The Kier molecular flexibility index (Phi) is 4.72. The van der Waals surface area contributed by atoms with E-state index in [0.717, 1.165) is 0 Å². The van der Waals surface area contributed by atoms with Crippen molar-refractivity contribution in [3.63, 3.8) is 0 Å². The monoisotopic (exact) mass is 378 g/mol. The number of hydrogen-bond donors (Lipinski definition) is 0. The normalized spacial score (nSPS) is 10.8. The third-order valence-corrected chi connectivity index (χ3v) is 4.16. The molecule has 6 nitrogen and oxygen atoms in total. The molecule has 0 fully saturated rings. The van der Waals surface area contributed by atoms with Gasteiger partial charge in [0, 0.05) is 11.1 Å². The van der Waals surface area contributed by atoms with E-state index in [0.29, 0.717) is 16.8 Å². The van der Waals surface area contributed by atoms with E-state index in [1.165, 1.54) is 12.3 Å². The minimum atomic E-state index is -0.599. The average Bonchev–Trinajstić information content (AvgIpc) is 3.36. The first-order chi connectivity index (χ1) is 13.7. The summed E-state index contributed by atoms with van der Waals surface area (Å²) in [6, 6.07) is 15.2. The van der Waals surface area contributed by atoms with Crippen LogP contribution in [0, 0.1) is 5.82 Å². The summed E-state index contributed by atoms with van der Waals surface area (Å²) in [6.45, 7) is 1.89. The van der Waals surface area contributed by atoms with Crippen molar-refractivity contribution in [2.24, 2.45) is 0 Å². The molecule has 28 heavy (non-hydrogen) atoms. The number of hydrogen-bond acceptors (Lipinski definition) is 6. The molecule has 140 valence electrons. The number of halogens is 1. The van der Waals surface area contributed by atoms with Gasteiger partial charge in [0.2, 0.25) is 0 Å². The van der Waals surface area contributed by atoms with Crippen LogP contribution in [-0.2, 0) is 4.74 Å². The first kappa shape index (κ1) is 17.7. The van der Waals surface area contributed by atoms with Gasteiger partial charge in [0.1, 0.15) is 29.0 Å². The van der Waals surface area contributed by atoms with E-state index in [1.807, 2.05) is 18.2 Å². The molecule has 0 amide bonds. The van der Waals surface area contributed by atoms with Crippen LogP contribution < -0.4 is 0 Å². The second-order valence-electron chi connectivity index (χ2n) is 5.88. The molecule has 7 heteroatoms. The molecule has 0 atom stereocenters. The third kappa shape index (κ3) is 3.07. The molecule has 4 aromatic rings. The number of carbonyl (C=O) groups is 1. The van der Waals surface area contributed by atoms with Gasteiger partial charge in [0.05, 0.1) is 12.2 Å². The van der Waals surface area contributed by atoms with Crippen LogP contribution in [0.2, 0.25) is 0 Å². The van der Waals surface area contributed by atoms with E-state index >= 15 is 0 Å². The van der Waals surface area contributed by atoms with Crippen LogP contribution in [-0.4, -0.2) is 22.9 Å². The number of benzene rings is 2. The van der Waals surface area contributed by atoms with Gasteiger partial charge >= 0.3 is 5.97 Å². The van der Waals surface area contributed by atoms with Crippen LogP contribution in [0.3, 0.4) is 0 Å². The van der Waals surface area contributed by atoms with Crippen LogP contribution in [0.4, 0.5) is 4.39 Å². The highest BCUT2D eigenvalue weighted by Crippen LogP contribution is 2.38. The van der Waals surface area contributed by atoms with E-state index in [1.54, 1.807) is 37.3 Å². The number of carbonyl (C=O) groups excluding carboxylic acids is 1. The minimum Gasteiger partial charge on any atom is -0.462 e. The van der Waals surface area contributed by atoms with Gasteiger partial charge in [-0.15, -0.1) is 0 Å². The van der Waals surface area contributed by atoms with Crippen molar-refractivity contribution in [1.82, 2.24) is 10.3 Å². The molecule has 0 unspecified atom stereocenters. The maximum Gasteiger partial charge on any atom is 0.344 e. The van der Waals surface area contributed by atoms with Crippen molar-refractivity contribution < 1.29 is 23.0 Å². The van der Waals surface area contributed by atoms with Crippen molar-refractivity contribution in [3.05, 3.63) is 72.2 Å². The predicted molar refractivity (Wildman–Crippen MR) is 98.8 cm³/mol. The van der Waals surface area contributed by atoms with Gasteiger partial charge in [0.15, 0.2) is 5.76 Å². The van der Waals surface area contributed by atoms with Gasteiger partial charge in [-0.25, -0.2) is 9.18 Å². The fraction of sp³-hybridized carbons (Fsp3) is 0.0952. The maximum absolute atomic E-state index is 14.3. The quantitative estimate of drug-likeness (QED) is 0.456. The lowest BCUT2D eigenvalue weighted by Crippen LogP contribution is -2.06. The maximum atomic E-state index is 14.3. The molecule has 4 rings (SSSR count). The molecule has 0 bridgehead atoms. The highest BCUT2D eigenvalue weighted by atomic mass is 19.1. The molecule has 0 aliphatic carbocycles. The highest BCUT2D eigenvalue weighted by Gasteiger charge is 2.30. The van der Waals surface area contributed by atoms with Crippen LogP contribution >= 0.6 is 0 Å². The third-order valence-electron chi connectivity index (χ3n) is 4.16. The van der Waals surface area contributed by atoms with Gasteiger partial charge in [-0.05, 0) is 19.1 Å². The van der Waals surface area contributed by atoms with Crippen LogP contribution in [0.25, 0.3) is 33.8 Å². The van der Waals surface area contributed by atoms with Crippen LogP contribution in [0.5, 0.6) is 0 Å². The summed E-state index contributed by atoms with van der Waals surface area (Å²) in [7, 11) is 0. The summed E-state index contributed by atoms with van der Waals surface area (Å²) in [6.07, 6.45) is 1.29. The number of aromatic nitrogens is 2.